The van der Waals surface area contributed by atoms with Crippen molar-refractivity contribution in [2.24, 2.45) is 0 Å². The molecule has 33 heavy (non-hydrogen) atoms. The Morgan fingerprint density at radius 3 is 2.58 bits per heavy atom. The number of anilines is 2. The third kappa shape index (κ3) is 4.22. The van der Waals surface area contributed by atoms with Crippen LogP contribution in [0, 0.1) is 0 Å². The molecule has 0 radical (unpaired) electrons. The Morgan fingerprint density at radius 1 is 1.03 bits per heavy atom. The minimum absolute atomic E-state index is 0.265. The summed E-state index contributed by atoms with van der Waals surface area (Å²) < 4.78 is 33.9. The zero-order valence-electron chi connectivity index (χ0n) is 18.4. The summed E-state index contributed by atoms with van der Waals surface area (Å²) in [6.45, 7) is 1.36. The van der Waals surface area contributed by atoms with E-state index in [-0.39, 0.29) is 11.3 Å². The number of benzene rings is 1. The molecule has 3 fully saturated rings. The summed E-state index contributed by atoms with van der Waals surface area (Å²) in [6, 6.07) is 5.94. The number of hydrogen-bond donors (Lipinski definition) is 1. The molecule has 0 unspecified atom stereocenters. The third-order valence-electron chi connectivity index (χ3n) is 6.88. The van der Waals surface area contributed by atoms with E-state index in [0.717, 1.165) is 39.7 Å². The van der Waals surface area contributed by atoms with Gasteiger partial charge in [-0.1, -0.05) is 25.3 Å². The van der Waals surface area contributed by atoms with E-state index >= 15 is 0 Å². The average Bonchev–Trinajstić information content (AvgIpc) is 3.39. The van der Waals surface area contributed by atoms with Crippen LogP contribution in [-0.2, 0) is 14.6 Å². The molecule has 1 N–H and O–H groups in total. The topological polar surface area (TPSA) is 86.1 Å². The highest BCUT2D eigenvalue weighted by atomic mass is 32.2. The SMILES string of the molecule is O=S(=O)(c1cc(Nc2cnn(C3COC3)c2)ccc1-c1cnc(C2CCCCC2)s1)C1CC1. The molecule has 0 atom stereocenters. The summed E-state index contributed by atoms with van der Waals surface area (Å²) in [7, 11) is -3.38. The van der Waals surface area contributed by atoms with Crippen molar-refractivity contribution in [3.05, 3.63) is 41.8 Å². The number of nitrogens with one attached hydrogen (secondary N) is 1. The summed E-state index contributed by atoms with van der Waals surface area (Å²) in [4.78, 5) is 6.06. The summed E-state index contributed by atoms with van der Waals surface area (Å²) in [5.41, 5.74) is 2.36. The fraction of sp³-hybridized carbons (Fsp3) is 0.500. The smallest absolute Gasteiger partial charge is 0.181 e. The number of nitrogens with zero attached hydrogens (tertiary/aromatic N) is 3. The molecule has 3 aliphatic rings. The van der Waals surface area contributed by atoms with Gasteiger partial charge in [0.1, 0.15) is 0 Å². The third-order valence-corrected chi connectivity index (χ3v) is 10.4. The lowest BCUT2D eigenvalue weighted by Crippen LogP contribution is -2.30. The average molecular weight is 485 g/mol. The van der Waals surface area contributed by atoms with Crippen molar-refractivity contribution in [3.63, 3.8) is 0 Å². The van der Waals surface area contributed by atoms with Gasteiger partial charge in [-0.05, 0) is 37.8 Å². The lowest BCUT2D eigenvalue weighted by Gasteiger charge is -2.25. The van der Waals surface area contributed by atoms with Gasteiger partial charge < -0.3 is 10.1 Å². The van der Waals surface area contributed by atoms with Crippen LogP contribution < -0.4 is 5.32 Å². The molecule has 1 saturated heterocycles. The number of thiazole rings is 1. The normalized spacial score (nSPS) is 20.0. The Kier molecular flexibility index (Phi) is 5.50. The fourth-order valence-corrected chi connectivity index (χ4v) is 7.77. The number of hydrogen-bond acceptors (Lipinski definition) is 7. The van der Waals surface area contributed by atoms with Crippen LogP contribution in [0.1, 0.15) is 61.9 Å². The minimum Gasteiger partial charge on any atom is -0.377 e. The van der Waals surface area contributed by atoms with Crippen molar-refractivity contribution >= 4 is 32.5 Å². The van der Waals surface area contributed by atoms with Crippen molar-refractivity contribution in [2.45, 2.75) is 67.1 Å². The quantitative estimate of drug-likeness (QED) is 0.489. The molecule has 1 aromatic carbocycles. The highest BCUT2D eigenvalue weighted by Gasteiger charge is 2.38. The maximum Gasteiger partial charge on any atom is 0.181 e. The van der Waals surface area contributed by atoms with E-state index in [0.29, 0.717) is 24.0 Å². The van der Waals surface area contributed by atoms with E-state index in [9.17, 15) is 8.42 Å². The fourth-order valence-electron chi connectivity index (χ4n) is 4.69. The van der Waals surface area contributed by atoms with Crippen LogP contribution in [0.25, 0.3) is 10.4 Å². The van der Waals surface area contributed by atoms with E-state index in [1.54, 1.807) is 23.6 Å². The Bertz CT molecular complexity index is 1250. The van der Waals surface area contributed by atoms with Gasteiger partial charge in [-0.2, -0.15) is 5.10 Å². The van der Waals surface area contributed by atoms with Gasteiger partial charge in [0.05, 0.1) is 51.2 Å². The van der Waals surface area contributed by atoms with Gasteiger partial charge in [-0.3, -0.25) is 4.68 Å². The number of ether oxygens (including phenoxy) is 1. The van der Waals surface area contributed by atoms with E-state index < -0.39 is 9.84 Å². The molecule has 1 aliphatic heterocycles. The Labute approximate surface area is 198 Å². The Balaban J connectivity index is 1.32. The first-order valence-electron chi connectivity index (χ1n) is 11.8. The molecule has 0 amide bonds. The summed E-state index contributed by atoms with van der Waals surface area (Å²) in [6.07, 6.45) is 13.2. The lowest BCUT2D eigenvalue weighted by molar-refractivity contribution is -0.0286. The molecule has 3 aromatic rings. The second-order valence-corrected chi connectivity index (χ2v) is 12.6. The van der Waals surface area contributed by atoms with E-state index in [4.69, 9.17) is 9.72 Å². The first kappa shape index (κ1) is 21.3. The van der Waals surface area contributed by atoms with Gasteiger partial charge in [0.2, 0.25) is 0 Å². The monoisotopic (exact) mass is 484 g/mol. The molecule has 2 aromatic heterocycles. The van der Waals surface area contributed by atoms with Gasteiger partial charge in [0.25, 0.3) is 0 Å². The zero-order valence-corrected chi connectivity index (χ0v) is 20.1. The maximum absolute atomic E-state index is 13.4. The molecule has 0 spiro atoms. The van der Waals surface area contributed by atoms with Gasteiger partial charge in [-0.15, -0.1) is 11.3 Å². The standard InChI is InChI=1S/C24H28N4O3S2/c29-33(30,20-7-8-20)23-10-17(27-18-11-26-28(13-18)19-14-31-15-19)6-9-21(23)22-12-25-24(32-22)16-4-2-1-3-5-16/h6,9-13,16,19-20,27H,1-5,7-8,14-15H2. The molecule has 0 bridgehead atoms. The van der Waals surface area contributed by atoms with Crippen LogP contribution in [0.3, 0.4) is 0 Å². The second kappa shape index (κ2) is 8.52. The number of sulfone groups is 1. The first-order valence-corrected chi connectivity index (χ1v) is 14.2. The van der Waals surface area contributed by atoms with Gasteiger partial charge in [0.15, 0.2) is 9.84 Å². The predicted molar refractivity (Wildman–Crippen MR) is 129 cm³/mol. The van der Waals surface area contributed by atoms with Crippen LogP contribution in [0.5, 0.6) is 0 Å². The molecule has 6 rings (SSSR count). The molecular formula is C24H28N4O3S2. The van der Waals surface area contributed by atoms with Crippen LogP contribution in [0.2, 0.25) is 0 Å². The molecular weight excluding hydrogens is 456 g/mol. The van der Waals surface area contributed by atoms with Crippen LogP contribution in [0.15, 0.2) is 41.7 Å². The lowest BCUT2D eigenvalue weighted by atomic mass is 9.90. The minimum atomic E-state index is -3.38. The number of rotatable bonds is 7. The summed E-state index contributed by atoms with van der Waals surface area (Å²) >= 11 is 1.66. The van der Waals surface area contributed by atoms with Crippen molar-refractivity contribution in [2.75, 3.05) is 18.5 Å². The van der Waals surface area contributed by atoms with Crippen LogP contribution >= 0.6 is 11.3 Å². The number of aromatic nitrogens is 3. The highest BCUT2D eigenvalue weighted by Crippen LogP contribution is 2.43. The van der Waals surface area contributed by atoms with Crippen molar-refractivity contribution in [3.8, 4) is 10.4 Å². The Morgan fingerprint density at radius 2 is 1.85 bits per heavy atom. The zero-order chi connectivity index (χ0) is 22.4. The molecule has 9 heteroatoms. The largest absolute Gasteiger partial charge is 0.377 e. The molecule has 2 aliphatic carbocycles. The summed E-state index contributed by atoms with van der Waals surface area (Å²) in [5.74, 6) is 0.513. The Hall–Kier alpha value is -2.23. The second-order valence-electron chi connectivity index (χ2n) is 9.38. The van der Waals surface area contributed by atoms with Crippen LogP contribution in [0.4, 0.5) is 11.4 Å². The molecule has 2 saturated carbocycles. The van der Waals surface area contributed by atoms with Crippen LogP contribution in [-0.4, -0.2) is 41.6 Å². The van der Waals surface area contributed by atoms with Crippen molar-refractivity contribution in [1.82, 2.24) is 14.8 Å². The maximum atomic E-state index is 13.4. The first-order chi connectivity index (χ1) is 16.1. The van der Waals surface area contributed by atoms with E-state index in [2.05, 4.69) is 10.4 Å². The molecule has 3 heterocycles. The van der Waals surface area contributed by atoms with Crippen molar-refractivity contribution in [1.29, 1.82) is 0 Å². The highest BCUT2D eigenvalue weighted by molar-refractivity contribution is 7.92. The van der Waals surface area contributed by atoms with Gasteiger partial charge in [-0.25, -0.2) is 13.4 Å². The predicted octanol–water partition coefficient (Wildman–Crippen LogP) is 5.31. The molecule has 174 valence electrons. The van der Waals surface area contributed by atoms with Gasteiger partial charge in [0, 0.05) is 29.6 Å². The summed E-state index contributed by atoms with van der Waals surface area (Å²) in [5, 5.41) is 8.62. The van der Waals surface area contributed by atoms with Gasteiger partial charge >= 0.3 is 0 Å². The van der Waals surface area contributed by atoms with Crippen molar-refractivity contribution < 1.29 is 13.2 Å². The molecule has 7 nitrogen and oxygen atoms in total. The van der Waals surface area contributed by atoms with E-state index in [1.807, 2.05) is 29.2 Å². The van der Waals surface area contributed by atoms with E-state index in [1.165, 1.54) is 32.1 Å².